The highest BCUT2D eigenvalue weighted by atomic mass is 19.1. The van der Waals surface area contributed by atoms with Crippen molar-refractivity contribution in [2.45, 2.75) is 13.0 Å². The highest BCUT2D eigenvalue weighted by molar-refractivity contribution is 5.90. The van der Waals surface area contributed by atoms with E-state index in [1.807, 2.05) is 0 Å². The van der Waals surface area contributed by atoms with Crippen molar-refractivity contribution in [3.8, 4) is 0 Å². The van der Waals surface area contributed by atoms with Crippen molar-refractivity contribution in [3.05, 3.63) is 33.6 Å². The van der Waals surface area contributed by atoms with E-state index in [9.17, 15) is 19.3 Å². The fraction of sp³-hybridized carbons (Fsp3) is 0.364. The van der Waals surface area contributed by atoms with Gasteiger partial charge in [-0.3, -0.25) is 10.1 Å². The molecule has 1 atom stereocenters. The summed E-state index contributed by atoms with van der Waals surface area (Å²) in [5.41, 5.74) is -1.32. The third-order valence-electron chi connectivity index (χ3n) is 2.33. The predicted octanol–water partition coefficient (Wildman–Crippen LogP) is 1.88. The number of nitrogens with one attached hydrogen (secondary N) is 1. The van der Waals surface area contributed by atoms with Crippen molar-refractivity contribution in [1.29, 1.82) is 0 Å². The quantitative estimate of drug-likeness (QED) is 0.605. The standard InChI is InChI=1S/C11H13FN2O5/c1-6(5-19-2)13-9-4-8(12)7(11(15)16)3-10(9)14(17)18/h3-4,6,13H,5H2,1-2H3,(H,15,16). The number of benzene rings is 1. The molecule has 0 amide bonds. The topological polar surface area (TPSA) is 102 Å². The maximum absolute atomic E-state index is 13.5. The van der Waals surface area contributed by atoms with Gasteiger partial charge in [-0.15, -0.1) is 0 Å². The molecule has 1 rings (SSSR count). The van der Waals surface area contributed by atoms with Crippen LogP contribution in [0.1, 0.15) is 17.3 Å². The number of rotatable bonds is 6. The summed E-state index contributed by atoms with van der Waals surface area (Å²) in [5, 5.41) is 22.3. The molecule has 0 saturated carbocycles. The second kappa shape index (κ2) is 6.10. The Labute approximate surface area is 108 Å². The number of halogens is 1. The normalized spacial score (nSPS) is 11.9. The summed E-state index contributed by atoms with van der Waals surface area (Å²) in [6.45, 7) is 1.95. The van der Waals surface area contributed by atoms with Crippen molar-refractivity contribution in [2.75, 3.05) is 19.0 Å². The number of hydrogen-bond donors (Lipinski definition) is 2. The van der Waals surface area contributed by atoms with Gasteiger partial charge in [0.05, 0.1) is 11.5 Å². The van der Waals surface area contributed by atoms with E-state index < -0.39 is 28.0 Å². The van der Waals surface area contributed by atoms with Gasteiger partial charge in [0, 0.05) is 25.3 Å². The second-order valence-electron chi connectivity index (χ2n) is 3.91. The van der Waals surface area contributed by atoms with Crippen molar-refractivity contribution in [1.82, 2.24) is 0 Å². The zero-order valence-corrected chi connectivity index (χ0v) is 10.3. The van der Waals surface area contributed by atoms with Crippen LogP contribution in [0.2, 0.25) is 0 Å². The van der Waals surface area contributed by atoms with Crippen LogP contribution in [0.4, 0.5) is 15.8 Å². The van der Waals surface area contributed by atoms with Crippen LogP contribution in [0.25, 0.3) is 0 Å². The fourth-order valence-corrected chi connectivity index (χ4v) is 1.55. The molecule has 7 nitrogen and oxygen atoms in total. The van der Waals surface area contributed by atoms with Crippen molar-refractivity contribution in [2.24, 2.45) is 0 Å². The average molecular weight is 272 g/mol. The molecule has 0 bridgehead atoms. The molecule has 0 aliphatic heterocycles. The lowest BCUT2D eigenvalue weighted by molar-refractivity contribution is -0.384. The van der Waals surface area contributed by atoms with Gasteiger partial charge in [-0.05, 0) is 6.92 Å². The Kier molecular flexibility index (Phi) is 4.76. The first kappa shape index (κ1) is 14.8. The molecule has 0 heterocycles. The molecule has 0 aromatic heterocycles. The molecule has 104 valence electrons. The number of carboxylic acid groups (broad SMARTS) is 1. The molecule has 1 unspecified atom stereocenters. The molecular formula is C11H13FN2O5. The summed E-state index contributed by atoms with van der Waals surface area (Å²) in [7, 11) is 1.46. The van der Waals surface area contributed by atoms with E-state index in [4.69, 9.17) is 9.84 Å². The second-order valence-corrected chi connectivity index (χ2v) is 3.91. The molecule has 0 radical (unpaired) electrons. The minimum absolute atomic E-state index is 0.0861. The van der Waals surface area contributed by atoms with E-state index in [0.717, 1.165) is 6.07 Å². The third kappa shape index (κ3) is 3.62. The van der Waals surface area contributed by atoms with E-state index in [0.29, 0.717) is 6.07 Å². The van der Waals surface area contributed by atoms with Gasteiger partial charge in [0.15, 0.2) is 0 Å². The number of nitro groups is 1. The fourth-order valence-electron chi connectivity index (χ4n) is 1.55. The molecular weight excluding hydrogens is 259 g/mol. The summed E-state index contributed by atoms with van der Waals surface area (Å²) in [5.74, 6) is -2.60. The van der Waals surface area contributed by atoms with Crippen LogP contribution in [-0.4, -0.2) is 35.8 Å². The number of methoxy groups -OCH3 is 1. The molecule has 1 aromatic carbocycles. The average Bonchev–Trinajstić information content (AvgIpc) is 2.28. The number of hydrogen-bond acceptors (Lipinski definition) is 5. The lowest BCUT2D eigenvalue weighted by Crippen LogP contribution is -2.21. The van der Waals surface area contributed by atoms with Crippen LogP contribution in [0.15, 0.2) is 12.1 Å². The van der Waals surface area contributed by atoms with Crippen molar-refractivity contribution < 1.29 is 24.0 Å². The summed E-state index contributed by atoms with van der Waals surface area (Å²) >= 11 is 0. The largest absolute Gasteiger partial charge is 0.478 e. The summed E-state index contributed by atoms with van der Waals surface area (Å²) in [4.78, 5) is 20.8. The van der Waals surface area contributed by atoms with Gasteiger partial charge in [-0.25, -0.2) is 9.18 Å². The van der Waals surface area contributed by atoms with Crippen molar-refractivity contribution >= 4 is 17.3 Å². The lowest BCUT2D eigenvalue weighted by atomic mass is 10.1. The number of carboxylic acids is 1. The number of aromatic carboxylic acids is 1. The minimum Gasteiger partial charge on any atom is -0.478 e. The van der Waals surface area contributed by atoms with Gasteiger partial charge >= 0.3 is 5.97 Å². The molecule has 19 heavy (non-hydrogen) atoms. The maximum Gasteiger partial charge on any atom is 0.338 e. The maximum atomic E-state index is 13.5. The monoisotopic (exact) mass is 272 g/mol. The number of nitrogens with zero attached hydrogens (tertiary/aromatic N) is 1. The molecule has 1 aromatic rings. The zero-order chi connectivity index (χ0) is 14.6. The Morgan fingerprint density at radius 3 is 2.74 bits per heavy atom. The third-order valence-corrected chi connectivity index (χ3v) is 2.33. The molecule has 0 fully saturated rings. The van der Waals surface area contributed by atoms with E-state index >= 15 is 0 Å². The van der Waals surface area contributed by atoms with Crippen LogP contribution in [-0.2, 0) is 4.74 Å². The molecule has 8 heteroatoms. The predicted molar refractivity (Wildman–Crippen MR) is 65.0 cm³/mol. The van der Waals surface area contributed by atoms with Crippen LogP contribution in [0.3, 0.4) is 0 Å². The van der Waals surface area contributed by atoms with Gasteiger partial charge < -0.3 is 15.2 Å². The van der Waals surface area contributed by atoms with Gasteiger partial charge in [0.25, 0.3) is 5.69 Å². The van der Waals surface area contributed by atoms with Gasteiger partial charge in [-0.2, -0.15) is 0 Å². The Balaban J connectivity index is 3.19. The molecule has 0 saturated heterocycles. The molecule has 2 N–H and O–H groups in total. The van der Waals surface area contributed by atoms with E-state index in [-0.39, 0.29) is 18.3 Å². The van der Waals surface area contributed by atoms with E-state index in [1.54, 1.807) is 6.92 Å². The van der Waals surface area contributed by atoms with Crippen molar-refractivity contribution in [3.63, 3.8) is 0 Å². The SMILES string of the molecule is COCC(C)Nc1cc(F)c(C(=O)O)cc1[N+](=O)[O-]. The smallest absolute Gasteiger partial charge is 0.338 e. The first-order valence-electron chi connectivity index (χ1n) is 5.33. The number of anilines is 1. The number of ether oxygens (including phenoxy) is 1. The van der Waals surface area contributed by atoms with E-state index in [2.05, 4.69) is 5.32 Å². The van der Waals surface area contributed by atoms with Crippen LogP contribution >= 0.6 is 0 Å². The van der Waals surface area contributed by atoms with Gasteiger partial charge in [-0.1, -0.05) is 0 Å². The molecule has 0 spiro atoms. The molecule has 0 aliphatic rings. The first-order valence-corrected chi connectivity index (χ1v) is 5.33. The summed E-state index contributed by atoms with van der Waals surface area (Å²) < 4.78 is 18.4. The van der Waals surface area contributed by atoms with Gasteiger partial charge in [0.2, 0.25) is 0 Å². The number of carbonyl (C=O) groups is 1. The highest BCUT2D eigenvalue weighted by Crippen LogP contribution is 2.28. The zero-order valence-electron chi connectivity index (χ0n) is 10.3. The Bertz CT molecular complexity index is 506. The van der Waals surface area contributed by atoms with Crippen LogP contribution < -0.4 is 5.32 Å². The van der Waals surface area contributed by atoms with Crippen LogP contribution in [0, 0.1) is 15.9 Å². The minimum atomic E-state index is -1.56. The Morgan fingerprint density at radius 1 is 1.63 bits per heavy atom. The first-order chi connectivity index (χ1) is 8.86. The lowest BCUT2D eigenvalue weighted by Gasteiger charge is -2.14. The Morgan fingerprint density at radius 2 is 2.26 bits per heavy atom. The van der Waals surface area contributed by atoms with Gasteiger partial charge in [0.1, 0.15) is 17.1 Å². The molecule has 0 aliphatic carbocycles. The summed E-state index contributed by atoms with van der Waals surface area (Å²) in [6, 6.07) is 1.20. The van der Waals surface area contributed by atoms with E-state index in [1.165, 1.54) is 7.11 Å². The summed E-state index contributed by atoms with van der Waals surface area (Å²) in [6.07, 6.45) is 0. The number of nitro benzene ring substituents is 1. The highest BCUT2D eigenvalue weighted by Gasteiger charge is 2.22. The Hall–Kier alpha value is -2.22. The van der Waals surface area contributed by atoms with Crippen LogP contribution in [0.5, 0.6) is 0 Å².